The summed E-state index contributed by atoms with van der Waals surface area (Å²) in [4.78, 5) is 4.31. The van der Waals surface area contributed by atoms with Gasteiger partial charge in [-0.05, 0) is 49.9 Å². The van der Waals surface area contributed by atoms with Crippen molar-refractivity contribution >= 4 is 22.3 Å². The van der Waals surface area contributed by atoms with Crippen LogP contribution in [0.4, 0.5) is 11.4 Å². The van der Waals surface area contributed by atoms with Crippen LogP contribution >= 0.6 is 0 Å². The van der Waals surface area contributed by atoms with Crippen LogP contribution in [0.15, 0.2) is 30.5 Å². The predicted molar refractivity (Wildman–Crippen MR) is 82.9 cm³/mol. The molecule has 0 bridgehead atoms. The van der Waals surface area contributed by atoms with E-state index in [4.69, 9.17) is 10.5 Å². The SMILES string of the molecule is Nc1c(NCCC2CCCCO2)ccc2ncccc12. The molecule has 1 aliphatic heterocycles. The van der Waals surface area contributed by atoms with Crippen molar-refractivity contribution in [3.05, 3.63) is 30.5 Å². The number of hydrogen-bond acceptors (Lipinski definition) is 4. The standard InChI is InChI=1S/C16H21N3O/c17-16-13-5-3-9-18-14(13)6-7-15(16)19-10-8-12-4-1-2-11-20-12/h3,5-7,9,12,19H,1-2,4,8,10-11,17H2. The van der Waals surface area contributed by atoms with Crippen LogP contribution in [0.3, 0.4) is 0 Å². The Hall–Kier alpha value is -1.81. The van der Waals surface area contributed by atoms with Gasteiger partial charge in [-0.1, -0.05) is 0 Å². The fourth-order valence-corrected chi connectivity index (χ4v) is 2.73. The Morgan fingerprint density at radius 1 is 1.30 bits per heavy atom. The predicted octanol–water partition coefficient (Wildman–Crippen LogP) is 3.19. The van der Waals surface area contributed by atoms with Gasteiger partial charge < -0.3 is 15.8 Å². The zero-order chi connectivity index (χ0) is 13.8. The highest BCUT2D eigenvalue weighted by molar-refractivity contribution is 5.96. The molecule has 0 saturated carbocycles. The molecule has 1 aromatic carbocycles. The van der Waals surface area contributed by atoms with Crippen molar-refractivity contribution in [3.63, 3.8) is 0 Å². The lowest BCUT2D eigenvalue weighted by Gasteiger charge is -2.23. The first-order valence-electron chi connectivity index (χ1n) is 7.33. The second-order valence-electron chi connectivity index (χ2n) is 5.30. The average molecular weight is 271 g/mol. The van der Waals surface area contributed by atoms with Crippen molar-refractivity contribution in [1.29, 1.82) is 0 Å². The number of hydrogen-bond donors (Lipinski definition) is 2. The van der Waals surface area contributed by atoms with Gasteiger partial charge >= 0.3 is 0 Å². The Labute approximate surface area is 119 Å². The number of ether oxygens (including phenoxy) is 1. The van der Waals surface area contributed by atoms with Crippen LogP contribution in [0.2, 0.25) is 0 Å². The Kier molecular flexibility index (Phi) is 4.02. The van der Waals surface area contributed by atoms with Gasteiger partial charge in [0.05, 0.1) is 23.0 Å². The number of benzene rings is 1. The van der Waals surface area contributed by atoms with E-state index in [1.54, 1.807) is 6.20 Å². The second-order valence-corrected chi connectivity index (χ2v) is 5.30. The summed E-state index contributed by atoms with van der Waals surface area (Å²) < 4.78 is 5.74. The molecular formula is C16H21N3O. The van der Waals surface area contributed by atoms with Gasteiger partial charge in [0.2, 0.25) is 0 Å². The monoisotopic (exact) mass is 271 g/mol. The molecule has 0 spiro atoms. The van der Waals surface area contributed by atoms with Crippen molar-refractivity contribution in [2.24, 2.45) is 0 Å². The lowest BCUT2D eigenvalue weighted by atomic mass is 10.1. The highest BCUT2D eigenvalue weighted by atomic mass is 16.5. The molecule has 3 N–H and O–H groups in total. The Morgan fingerprint density at radius 3 is 3.10 bits per heavy atom. The maximum Gasteiger partial charge on any atom is 0.0724 e. The molecule has 2 aromatic rings. The number of aromatic nitrogens is 1. The summed E-state index contributed by atoms with van der Waals surface area (Å²) in [6.07, 6.45) is 6.89. The lowest BCUT2D eigenvalue weighted by Crippen LogP contribution is -2.22. The number of nitrogens with one attached hydrogen (secondary N) is 1. The first kappa shape index (κ1) is 13.2. The summed E-state index contributed by atoms with van der Waals surface area (Å²) >= 11 is 0. The third-order valence-corrected chi connectivity index (χ3v) is 3.88. The van der Waals surface area contributed by atoms with Gasteiger partial charge in [0, 0.05) is 24.7 Å². The lowest BCUT2D eigenvalue weighted by molar-refractivity contribution is 0.0134. The van der Waals surface area contributed by atoms with Crippen molar-refractivity contribution in [3.8, 4) is 0 Å². The average Bonchev–Trinajstić information content (AvgIpc) is 2.51. The molecule has 1 unspecified atom stereocenters. The summed E-state index contributed by atoms with van der Waals surface area (Å²) in [6.45, 7) is 1.80. The summed E-state index contributed by atoms with van der Waals surface area (Å²) in [5, 5.41) is 4.43. The largest absolute Gasteiger partial charge is 0.397 e. The van der Waals surface area contributed by atoms with Crippen LogP contribution in [0.1, 0.15) is 25.7 Å². The van der Waals surface area contributed by atoms with Crippen LogP contribution < -0.4 is 11.1 Å². The van der Waals surface area contributed by atoms with E-state index in [9.17, 15) is 0 Å². The molecule has 0 aliphatic carbocycles. The Morgan fingerprint density at radius 2 is 2.25 bits per heavy atom. The number of nitrogens with zero attached hydrogens (tertiary/aromatic N) is 1. The highest BCUT2D eigenvalue weighted by Gasteiger charge is 2.13. The first-order valence-corrected chi connectivity index (χ1v) is 7.33. The number of pyridine rings is 1. The second kappa shape index (κ2) is 6.09. The molecule has 1 saturated heterocycles. The smallest absolute Gasteiger partial charge is 0.0724 e. The molecule has 1 aromatic heterocycles. The summed E-state index contributed by atoms with van der Waals surface area (Å²) in [7, 11) is 0. The summed E-state index contributed by atoms with van der Waals surface area (Å²) in [5.41, 5.74) is 8.91. The molecular weight excluding hydrogens is 250 g/mol. The van der Waals surface area contributed by atoms with Crippen LogP contribution in [0.25, 0.3) is 10.9 Å². The number of nitrogens with two attached hydrogens (primary N) is 1. The zero-order valence-electron chi connectivity index (χ0n) is 11.6. The van der Waals surface area contributed by atoms with E-state index in [0.717, 1.165) is 41.9 Å². The molecule has 4 nitrogen and oxygen atoms in total. The highest BCUT2D eigenvalue weighted by Crippen LogP contribution is 2.27. The van der Waals surface area contributed by atoms with E-state index < -0.39 is 0 Å². The van der Waals surface area contributed by atoms with E-state index in [2.05, 4.69) is 10.3 Å². The summed E-state index contributed by atoms with van der Waals surface area (Å²) in [5.74, 6) is 0. The van der Waals surface area contributed by atoms with Crippen LogP contribution in [-0.4, -0.2) is 24.2 Å². The molecule has 106 valence electrons. The molecule has 0 amide bonds. The quantitative estimate of drug-likeness (QED) is 0.838. The maximum absolute atomic E-state index is 6.20. The number of anilines is 2. The minimum absolute atomic E-state index is 0.402. The molecule has 1 fully saturated rings. The Balaban J connectivity index is 1.63. The van der Waals surface area contributed by atoms with Crippen LogP contribution in [0.5, 0.6) is 0 Å². The normalized spacial score (nSPS) is 19.1. The van der Waals surface area contributed by atoms with E-state index >= 15 is 0 Å². The molecule has 4 heteroatoms. The molecule has 2 heterocycles. The molecule has 20 heavy (non-hydrogen) atoms. The number of rotatable bonds is 4. The third-order valence-electron chi connectivity index (χ3n) is 3.88. The van der Waals surface area contributed by atoms with Crippen molar-refractivity contribution < 1.29 is 4.74 Å². The number of nitrogen functional groups attached to an aromatic ring is 1. The van der Waals surface area contributed by atoms with E-state index in [-0.39, 0.29) is 0 Å². The van der Waals surface area contributed by atoms with E-state index in [1.165, 1.54) is 19.3 Å². The van der Waals surface area contributed by atoms with Crippen molar-refractivity contribution in [2.75, 3.05) is 24.2 Å². The minimum atomic E-state index is 0.402. The van der Waals surface area contributed by atoms with Gasteiger partial charge in [-0.15, -0.1) is 0 Å². The van der Waals surface area contributed by atoms with Gasteiger partial charge in [-0.2, -0.15) is 0 Å². The first-order chi connectivity index (χ1) is 9.84. The van der Waals surface area contributed by atoms with Gasteiger partial charge in [0.15, 0.2) is 0 Å². The molecule has 0 radical (unpaired) electrons. The van der Waals surface area contributed by atoms with Crippen molar-refractivity contribution in [1.82, 2.24) is 4.98 Å². The fraction of sp³-hybridized carbons (Fsp3) is 0.438. The Bertz CT molecular complexity index is 579. The van der Waals surface area contributed by atoms with Gasteiger partial charge in [0.1, 0.15) is 0 Å². The minimum Gasteiger partial charge on any atom is -0.397 e. The molecule has 1 atom stereocenters. The zero-order valence-corrected chi connectivity index (χ0v) is 11.6. The van der Waals surface area contributed by atoms with E-state index in [1.807, 2.05) is 24.3 Å². The van der Waals surface area contributed by atoms with Gasteiger partial charge in [-0.3, -0.25) is 4.98 Å². The maximum atomic E-state index is 6.20. The molecule has 3 rings (SSSR count). The van der Waals surface area contributed by atoms with Gasteiger partial charge in [-0.25, -0.2) is 0 Å². The van der Waals surface area contributed by atoms with Crippen LogP contribution in [0, 0.1) is 0 Å². The summed E-state index contributed by atoms with van der Waals surface area (Å²) in [6, 6.07) is 7.93. The number of fused-ring (bicyclic) bond motifs is 1. The molecule has 1 aliphatic rings. The fourth-order valence-electron chi connectivity index (χ4n) is 2.73. The third kappa shape index (κ3) is 2.85. The van der Waals surface area contributed by atoms with Gasteiger partial charge in [0.25, 0.3) is 0 Å². The van der Waals surface area contributed by atoms with Crippen LogP contribution in [-0.2, 0) is 4.74 Å². The topological polar surface area (TPSA) is 60.2 Å². The van der Waals surface area contributed by atoms with E-state index in [0.29, 0.717) is 6.10 Å². The van der Waals surface area contributed by atoms with Crippen molar-refractivity contribution in [2.45, 2.75) is 31.8 Å².